The SMILES string of the molecule is COC(CN)C(=O)Nc1ccc(C(=O)N2CCCC2)cc1.Cl. The Morgan fingerprint density at radius 1 is 1.27 bits per heavy atom. The summed E-state index contributed by atoms with van der Waals surface area (Å²) in [6, 6.07) is 6.87. The molecule has 2 amide bonds. The third kappa shape index (κ3) is 4.43. The normalized spacial score (nSPS) is 15.1. The Bertz CT molecular complexity index is 497. The number of nitrogens with two attached hydrogens (primary N) is 1. The van der Waals surface area contributed by atoms with Crippen LogP contribution in [0.2, 0.25) is 0 Å². The number of hydrogen-bond acceptors (Lipinski definition) is 4. The Morgan fingerprint density at radius 3 is 2.36 bits per heavy atom. The van der Waals surface area contributed by atoms with Crippen LogP contribution in [0.15, 0.2) is 24.3 Å². The van der Waals surface area contributed by atoms with E-state index >= 15 is 0 Å². The monoisotopic (exact) mass is 327 g/mol. The Labute approximate surface area is 136 Å². The van der Waals surface area contributed by atoms with Gasteiger partial charge in [0, 0.05) is 38.0 Å². The van der Waals surface area contributed by atoms with Gasteiger partial charge in [0.2, 0.25) is 0 Å². The van der Waals surface area contributed by atoms with Crippen LogP contribution in [0, 0.1) is 0 Å². The Balaban J connectivity index is 0.00000242. The second-order valence-electron chi connectivity index (χ2n) is 5.03. The molecular weight excluding hydrogens is 306 g/mol. The van der Waals surface area contributed by atoms with E-state index in [0.29, 0.717) is 11.3 Å². The molecule has 0 aromatic heterocycles. The highest BCUT2D eigenvalue weighted by Gasteiger charge is 2.20. The number of hydrogen-bond donors (Lipinski definition) is 2. The highest BCUT2D eigenvalue weighted by Crippen LogP contribution is 2.15. The molecule has 1 fully saturated rings. The number of amides is 2. The third-order valence-electron chi connectivity index (χ3n) is 3.58. The average Bonchev–Trinajstić information content (AvgIpc) is 3.03. The van der Waals surface area contributed by atoms with Crippen molar-refractivity contribution in [3.8, 4) is 0 Å². The molecule has 7 heteroatoms. The second-order valence-corrected chi connectivity index (χ2v) is 5.03. The van der Waals surface area contributed by atoms with Crippen LogP contribution < -0.4 is 11.1 Å². The maximum absolute atomic E-state index is 12.2. The van der Waals surface area contributed by atoms with E-state index < -0.39 is 6.10 Å². The van der Waals surface area contributed by atoms with Gasteiger partial charge in [0.05, 0.1) is 0 Å². The van der Waals surface area contributed by atoms with Crippen molar-refractivity contribution in [2.24, 2.45) is 5.73 Å². The van der Waals surface area contributed by atoms with Crippen LogP contribution in [0.5, 0.6) is 0 Å². The van der Waals surface area contributed by atoms with E-state index in [1.165, 1.54) is 7.11 Å². The molecular formula is C15H22ClN3O3. The van der Waals surface area contributed by atoms with Gasteiger partial charge in [-0.2, -0.15) is 0 Å². The van der Waals surface area contributed by atoms with Gasteiger partial charge >= 0.3 is 0 Å². The van der Waals surface area contributed by atoms with E-state index in [1.54, 1.807) is 24.3 Å². The predicted molar refractivity (Wildman–Crippen MR) is 87.3 cm³/mol. The lowest BCUT2D eigenvalue weighted by Crippen LogP contribution is -2.35. The summed E-state index contributed by atoms with van der Waals surface area (Å²) in [4.78, 5) is 25.8. The third-order valence-corrected chi connectivity index (χ3v) is 3.58. The number of ether oxygens (including phenoxy) is 1. The van der Waals surface area contributed by atoms with Gasteiger partial charge in [0.15, 0.2) is 0 Å². The molecule has 1 heterocycles. The van der Waals surface area contributed by atoms with Gasteiger partial charge in [-0.25, -0.2) is 0 Å². The van der Waals surface area contributed by atoms with E-state index in [-0.39, 0.29) is 30.8 Å². The summed E-state index contributed by atoms with van der Waals surface area (Å²) in [6.07, 6.45) is 1.46. The Hall–Kier alpha value is -1.63. The number of anilines is 1. The van der Waals surface area contributed by atoms with Crippen molar-refractivity contribution in [2.45, 2.75) is 18.9 Å². The van der Waals surface area contributed by atoms with Crippen molar-refractivity contribution in [1.82, 2.24) is 4.90 Å². The van der Waals surface area contributed by atoms with Crippen LogP contribution in [-0.2, 0) is 9.53 Å². The number of rotatable bonds is 5. The maximum atomic E-state index is 12.2. The lowest BCUT2D eigenvalue weighted by Gasteiger charge is -2.16. The number of carbonyl (C=O) groups is 2. The molecule has 0 saturated carbocycles. The lowest BCUT2D eigenvalue weighted by molar-refractivity contribution is -0.125. The van der Waals surface area contributed by atoms with Crippen molar-refractivity contribution in [3.05, 3.63) is 29.8 Å². The van der Waals surface area contributed by atoms with Crippen LogP contribution in [0.1, 0.15) is 23.2 Å². The predicted octanol–water partition coefficient (Wildman–Crippen LogP) is 1.26. The first-order chi connectivity index (χ1) is 10.2. The fourth-order valence-electron chi connectivity index (χ4n) is 2.33. The van der Waals surface area contributed by atoms with Crippen molar-refractivity contribution < 1.29 is 14.3 Å². The number of likely N-dealkylation sites (tertiary alicyclic amines) is 1. The van der Waals surface area contributed by atoms with Gasteiger partial charge < -0.3 is 20.7 Å². The quantitative estimate of drug-likeness (QED) is 0.852. The molecule has 1 aromatic carbocycles. The van der Waals surface area contributed by atoms with Crippen LogP contribution in [0.25, 0.3) is 0 Å². The fourth-order valence-corrected chi connectivity index (χ4v) is 2.33. The molecule has 0 aliphatic carbocycles. The highest BCUT2D eigenvalue weighted by atomic mass is 35.5. The van der Waals surface area contributed by atoms with Crippen LogP contribution in [0.4, 0.5) is 5.69 Å². The molecule has 1 aliphatic heterocycles. The van der Waals surface area contributed by atoms with Gasteiger partial charge in [-0.05, 0) is 37.1 Å². The summed E-state index contributed by atoms with van der Waals surface area (Å²) >= 11 is 0. The zero-order valence-corrected chi connectivity index (χ0v) is 13.4. The summed E-state index contributed by atoms with van der Waals surface area (Å²) in [5.41, 5.74) is 6.69. The molecule has 3 N–H and O–H groups in total. The zero-order valence-electron chi connectivity index (χ0n) is 12.6. The zero-order chi connectivity index (χ0) is 15.2. The Kier molecular flexibility index (Phi) is 7.31. The number of carbonyl (C=O) groups excluding carboxylic acids is 2. The summed E-state index contributed by atoms with van der Waals surface area (Å²) in [7, 11) is 1.44. The topological polar surface area (TPSA) is 84.7 Å². The molecule has 1 aromatic rings. The molecule has 1 unspecified atom stereocenters. The molecule has 0 spiro atoms. The molecule has 22 heavy (non-hydrogen) atoms. The molecule has 1 saturated heterocycles. The summed E-state index contributed by atoms with van der Waals surface area (Å²) in [5, 5.41) is 2.71. The molecule has 2 rings (SSSR count). The molecule has 6 nitrogen and oxygen atoms in total. The van der Waals surface area contributed by atoms with E-state index in [0.717, 1.165) is 25.9 Å². The van der Waals surface area contributed by atoms with Crippen LogP contribution in [0.3, 0.4) is 0 Å². The number of benzene rings is 1. The average molecular weight is 328 g/mol. The van der Waals surface area contributed by atoms with Crippen molar-refractivity contribution in [3.63, 3.8) is 0 Å². The van der Waals surface area contributed by atoms with Gasteiger partial charge in [-0.15, -0.1) is 12.4 Å². The minimum absolute atomic E-state index is 0. The Morgan fingerprint density at radius 2 is 1.86 bits per heavy atom. The maximum Gasteiger partial charge on any atom is 0.254 e. The van der Waals surface area contributed by atoms with Gasteiger partial charge in [-0.1, -0.05) is 0 Å². The van der Waals surface area contributed by atoms with E-state index in [1.807, 2.05) is 4.90 Å². The van der Waals surface area contributed by atoms with E-state index in [2.05, 4.69) is 5.32 Å². The van der Waals surface area contributed by atoms with Crippen LogP contribution >= 0.6 is 12.4 Å². The molecule has 122 valence electrons. The molecule has 1 aliphatic rings. The standard InChI is InChI=1S/C15H21N3O3.ClH/c1-21-13(10-16)14(19)17-12-6-4-11(5-7-12)15(20)18-8-2-3-9-18;/h4-7,13H,2-3,8-10,16H2,1H3,(H,17,19);1H. The number of halogens is 1. The fraction of sp³-hybridized carbons (Fsp3) is 0.467. The smallest absolute Gasteiger partial charge is 0.254 e. The van der Waals surface area contributed by atoms with Gasteiger partial charge in [0.25, 0.3) is 11.8 Å². The van der Waals surface area contributed by atoms with Crippen molar-refractivity contribution in [2.75, 3.05) is 32.1 Å². The first kappa shape index (κ1) is 18.4. The molecule has 0 bridgehead atoms. The summed E-state index contributed by atoms with van der Waals surface area (Å²) in [5.74, 6) is -0.249. The van der Waals surface area contributed by atoms with Crippen molar-refractivity contribution >= 4 is 29.9 Å². The number of nitrogens with one attached hydrogen (secondary N) is 1. The highest BCUT2D eigenvalue weighted by molar-refractivity contribution is 5.97. The number of nitrogens with zero attached hydrogens (tertiary/aromatic N) is 1. The molecule has 1 atom stereocenters. The summed E-state index contributed by atoms with van der Waals surface area (Å²) in [6.45, 7) is 1.76. The van der Waals surface area contributed by atoms with Crippen molar-refractivity contribution in [1.29, 1.82) is 0 Å². The first-order valence-corrected chi connectivity index (χ1v) is 7.08. The van der Waals surface area contributed by atoms with Gasteiger partial charge in [-0.3, -0.25) is 9.59 Å². The van der Waals surface area contributed by atoms with Crippen LogP contribution in [-0.4, -0.2) is 49.6 Å². The van der Waals surface area contributed by atoms with E-state index in [4.69, 9.17) is 10.5 Å². The largest absolute Gasteiger partial charge is 0.370 e. The number of methoxy groups -OCH3 is 1. The summed E-state index contributed by atoms with van der Waals surface area (Å²) < 4.78 is 4.97. The first-order valence-electron chi connectivity index (χ1n) is 7.08. The minimum Gasteiger partial charge on any atom is -0.370 e. The molecule has 0 radical (unpaired) electrons. The second kappa shape index (κ2) is 8.73. The van der Waals surface area contributed by atoms with Gasteiger partial charge in [0.1, 0.15) is 6.10 Å². The minimum atomic E-state index is -0.670. The lowest BCUT2D eigenvalue weighted by atomic mass is 10.1. The van der Waals surface area contributed by atoms with E-state index in [9.17, 15) is 9.59 Å².